The van der Waals surface area contributed by atoms with Crippen LogP contribution < -0.4 is 0 Å². The molecule has 5 heteroatoms. The molecule has 0 aromatic carbocycles. The van der Waals surface area contributed by atoms with Crippen molar-refractivity contribution in [2.45, 2.75) is 25.3 Å². The molecule has 0 aromatic rings. The van der Waals surface area contributed by atoms with Crippen LogP contribution in [0.3, 0.4) is 0 Å². The van der Waals surface area contributed by atoms with E-state index in [1.807, 2.05) is 6.07 Å². The van der Waals surface area contributed by atoms with Gasteiger partial charge in [0.25, 0.3) is 0 Å². The lowest BCUT2D eigenvalue weighted by molar-refractivity contribution is 0.299. The molecule has 1 saturated heterocycles. The predicted molar refractivity (Wildman–Crippen MR) is 44.8 cm³/mol. The first-order chi connectivity index (χ1) is 5.55. The fourth-order valence-electron chi connectivity index (χ4n) is 1.43. The van der Waals surface area contributed by atoms with Crippen molar-refractivity contribution in [1.29, 1.82) is 5.26 Å². The first-order valence-electron chi connectivity index (χ1n) is 3.92. The molecule has 4 nitrogen and oxygen atoms in total. The maximum absolute atomic E-state index is 11.1. The van der Waals surface area contributed by atoms with E-state index in [2.05, 4.69) is 0 Å². The summed E-state index contributed by atoms with van der Waals surface area (Å²) < 4.78 is 23.5. The zero-order valence-electron chi connectivity index (χ0n) is 7.02. The van der Waals surface area contributed by atoms with Crippen LogP contribution in [0.25, 0.3) is 0 Å². The summed E-state index contributed by atoms with van der Waals surface area (Å²) in [6, 6.07) is 1.57. The Kier molecular flexibility index (Phi) is 2.70. The maximum atomic E-state index is 11.1. The number of nitrogens with zero attached hydrogens (tertiary/aromatic N) is 2. The van der Waals surface area contributed by atoms with Gasteiger partial charge in [0.05, 0.1) is 12.3 Å². The SMILES string of the molecule is CS(=O)(=O)N1CCCC[C@@H]1C#N. The van der Waals surface area contributed by atoms with Crippen LogP contribution in [0.5, 0.6) is 0 Å². The monoisotopic (exact) mass is 188 g/mol. The van der Waals surface area contributed by atoms with Gasteiger partial charge in [-0.25, -0.2) is 8.42 Å². The Morgan fingerprint density at radius 1 is 1.50 bits per heavy atom. The molecule has 0 unspecified atom stereocenters. The minimum absolute atomic E-state index is 0.436. The van der Waals surface area contributed by atoms with Crippen molar-refractivity contribution >= 4 is 10.0 Å². The van der Waals surface area contributed by atoms with Gasteiger partial charge in [-0.3, -0.25) is 0 Å². The van der Waals surface area contributed by atoms with Gasteiger partial charge >= 0.3 is 0 Å². The standard InChI is InChI=1S/C7H12N2O2S/c1-12(10,11)9-5-3-2-4-7(9)6-8/h7H,2-5H2,1H3/t7-/m1/s1. The fraction of sp³-hybridized carbons (Fsp3) is 0.857. The smallest absolute Gasteiger partial charge is 0.212 e. The van der Waals surface area contributed by atoms with E-state index in [1.54, 1.807) is 0 Å². The highest BCUT2D eigenvalue weighted by molar-refractivity contribution is 7.88. The molecule has 1 aliphatic rings. The summed E-state index contributed by atoms with van der Waals surface area (Å²) in [4.78, 5) is 0. The third kappa shape index (κ3) is 1.96. The lowest BCUT2D eigenvalue weighted by Gasteiger charge is -2.28. The van der Waals surface area contributed by atoms with Crippen LogP contribution in [0.2, 0.25) is 0 Å². The van der Waals surface area contributed by atoms with Gasteiger partial charge in [-0.1, -0.05) is 0 Å². The second kappa shape index (κ2) is 3.42. The average molecular weight is 188 g/mol. The van der Waals surface area contributed by atoms with Crippen LogP contribution in [-0.2, 0) is 10.0 Å². The Hall–Kier alpha value is -0.600. The minimum Gasteiger partial charge on any atom is -0.212 e. The van der Waals surface area contributed by atoms with Gasteiger partial charge < -0.3 is 0 Å². The van der Waals surface area contributed by atoms with E-state index in [0.717, 1.165) is 19.1 Å². The number of sulfonamides is 1. The molecule has 0 radical (unpaired) electrons. The zero-order valence-corrected chi connectivity index (χ0v) is 7.84. The van der Waals surface area contributed by atoms with Crippen molar-refractivity contribution in [2.24, 2.45) is 0 Å². The lowest BCUT2D eigenvalue weighted by Crippen LogP contribution is -2.42. The van der Waals surface area contributed by atoms with E-state index in [4.69, 9.17) is 5.26 Å². The van der Waals surface area contributed by atoms with Crippen molar-refractivity contribution in [2.75, 3.05) is 12.8 Å². The summed E-state index contributed by atoms with van der Waals surface area (Å²) in [6.45, 7) is 0.497. The average Bonchev–Trinajstić information content (AvgIpc) is 2.03. The lowest BCUT2D eigenvalue weighted by atomic mass is 10.1. The normalized spacial score (nSPS) is 26.5. The molecular weight excluding hydrogens is 176 g/mol. The molecule has 0 spiro atoms. The van der Waals surface area contributed by atoms with Crippen molar-refractivity contribution < 1.29 is 8.42 Å². The number of piperidine rings is 1. The van der Waals surface area contributed by atoms with E-state index in [0.29, 0.717) is 13.0 Å². The van der Waals surface area contributed by atoms with Crippen LogP contribution >= 0.6 is 0 Å². The van der Waals surface area contributed by atoms with Gasteiger partial charge in [-0.05, 0) is 19.3 Å². The van der Waals surface area contributed by atoms with E-state index in [-0.39, 0.29) is 0 Å². The number of hydrogen-bond donors (Lipinski definition) is 0. The summed E-state index contributed by atoms with van der Waals surface area (Å²) in [5, 5.41) is 8.67. The molecule has 1 atom stereocenters. The molecule has 12 heavy (non-hydrogen) atoms. The maximum Gasteiger partial charge on any atom is 0.212 e. The molecule has 0 N–H and O–H groups in total. The minimum atomic E-state index is -3.18. The van der Waals surface area contributed by atoms with Gasteiger partial charge in [0.2, 0.25) is 10.0 Å². The molecule has 0 saturated carbocycles. The highest BCUT2D eigenvalue weighted by atomic mass is 32.2. The molecule has 0 amide bonds. The van der Waals surface area contributed by atoms with E-state index in [1.165, 1.54) is 4.31 Å². The molecular formula is C7H12N2O2S. The predicted octanol–water partition coefficient (Wildman–Crippen LogP) is 0.324. The Morgan fingerprint density at radius 2 is 2.17 bits per heavy atom. The van der Waals surface area contributed by atoms with Crippen molar-refractivity contribution in [3.8, 4) is 6.07 Å². The largest absolute Gasteiger partial charge is 0.212 e. The fourth-order valence-corrected chi connectivity index (χ4v) is 2.51. The van der Waals surface area contributed by atoms with Crippen LogP contribution in [0, 0.1) is 11.3 Å². The van der Waals surface area contributed by atoms with Gasteiger partial charge in [0.1, 0.15) is 6.04 Å². The highest BCUT2D eigenvalue weighted by Gasteiger charge is 2.28. The molecule has 0 aliphatic carbocycles. The van der Waals surface area contributed by atoms with E-state index < -0.39 is 16.1 Å². The van der Waals surface area contributed by atoms with Crippen LogP contribution in [-0.4, -0.2) is 31.6 Å². The van der Waals surface area contributed by atoms with Gasteiger partial charge in [0, 0.05) is 6.54 Å². The summed E-state index contributed by atoms with van der Waals surface area (Å²) in [5.41, 5.74) is 0. The van der Waals surface area contributed by atoms with E-state index >= 15 is 0 Å². The Morgan fingerprint density at radius 3 is 2.58 bits per heavy atom. The number of nitriles is 1. The molecule has 68 valence electrons. The first-order valence-corrected chi connectivity index (χ1v) is 5.77. The summed E-state index contributed by atoms with van der Waals surface area (Å²) in [5.74, 6) is 0. The summed E-state index contributed by atoms with van der Waals surface area (Å²) >= 11 is 0. The van der Waals surface area contributed by atoms with Gasteiger partial charge in [-0.2, -0.15) is 9.57 Å². The van der Waals surface area contributed by atoms with Crippen LogP contribution in [0.1, 0.15) is 19.3 Å². The summed E-state index contributed by atoms with van der Waals surface area (Å²) in [7, 11) is -3.18. The molecule has 1 rings (SSSR count). The number of hydrogen-bond acceptors (Lipinski definition) is 3. The Bertz CT molecular complexity index is 291. The second-order valence-electron chi connectivity index (χ2n) is 3.01. The molecule has 1 fully saturated rings. The molecule has 0 aromatic heterocycles. The highest BCUT2D eigenvalue weighted by Crippen LogP contribution is 2.18. The van der Waals surface area contributed by atoms with Gasteiger partial charge in [0.15, 0.2) is 0 Å². The van der Waals surface area contributed by atoms with Crippen LogP contribution in [0.4, 0.5) is 0 Å². The Balaban J connectivity index is 2.81. The topological polar surface area (TPSA) is 61.2 Å². The second-order valence-corrected chi connectivity index (χ2v) is 4.95. The van der Waals surface area contributed by atoms with E-state index in [9.17, 15) is 8.42 Å². The number of rotatable bonds is 1. The summed E-state index contributed by atoms with van der Waals surface area (Å²) in [6.07, 6.45) is 3.64. The third-order valence-electron chi connectivity index (χ3n) is 2.03. The third-order valence-corrected chi connectivity index (χ3v) is 3.32. The van der Waals surface area contributed by atoms with Crippen molar-refractivity contribution in [3.63, 3.8) is 0 Å². The molecule has 1 heterocycles. The zero-order chi connectivity index (χ0) is 9.19. The molecule has 0 bridgehead atoms. The Labute approximate surface area is 72.8 Å². The first kappa shape index (κ1) is 9.49. The van der Waals surface area contributed by atoms with Crippen LogP contribution in [0.15, 0.2) is 0 Å². The van der Waals surface area contributed by atoms with Gasteiger partial charge in [-0.15, -0.1) is 0 Å². The molecule has 1 aliphatic heterocycles. The van der Waals surface area contributed by atoms with Crippen molar-refractivity contribution in [3.05, 3.63) is 0 Å². The quantitative estimate of drug-likeness (QED) is 0.595. The van der Waals surface area contributed by atoms with Crippen molar-refractivity contribution in [1.82, 2.24) is 4.31 Å².